The molecule has 2 heteroatoms. The minimum atomic E-state index is 0.284. The lowest BCUT2D eigenvalue weighted by atomic mass is 10.2. The maximum absolute atomic E-state index is 8.85. The monoisotopic (exact) mass is 199 g/mol. The molecule has 0 fully saturated rings. The van der Waals surface area contributed by atoms with Gasteiger partial charge < -0.3 is 10.0 Å². The van der Waals surface area contributed by atoms with Crippen LogP contribution in [0.5, 0.6) is 0 Å². The highest BCUT2D eigenvalue weighted by Gasteiger charge is 2.01. The van der Waals surface area contributed by atoms with Gasteiger partial charge in [-0.1, -0.05) is 19.4 Å². The highest BCUT2D eigenvalue weighted by molar-refractivity contribution is 4.66. The normalized spacial score (nSPS) is 10.8. The lowest BCUT2D eigenvalue weighted by molar-refractivity contribution is 0.193. The molecule has 0 amide bonds. The van der Waals surface area contributed by atoms with Crippen LogP contribution in [0, 0.1) is 0 Å². The molecule has 84 valence electrons. The third-order valence-electron chi connectivity index (χ3n) is 2.34. The second-order valence-electron chi connectivity index (χ2n) is 3.70. The molecule has 14 heavy (non-hydrogen) atoms. The SMILES string of the molecule is C=CCCCCCN(CCC)CCO. The molecule has 0 unspecified atom stereocenters. The Labute approximate surface area is 88.6 Å². The smallest absolute Gasteiger partial charge is 0.0558 e. The zero-order chi connectivity index (χ0) is 10.6. The molecule has 0 heterocycles. The van der Waals surface area contributed by atoms with Gasteiger partial charge in [0.25, 0.3) is 0 Å². The number of hydrogen-bond donors (Lipinski definition) is 1. The van der Waals surface area contributed by atoms with Crippen LogP contribution in [0.1, 0.15) is 39.0 Å². The zero-order valence-corrected chi connectivity index (χ0v) is 9.54. The molecule has 0 spiro atoms. The van der Waals surface area contributed by atoms with Crippen molar-refractivity contribution in [3.05, 3.63) is 12.7 Å². The summed E-state index contributed by atoms with van der Waals surface area (Å²) in [7, 11) is 0. The predicted molar refractivity (Wildman–Crippen MR) is 62.5 cm³/mol. The van der Waals surface area contributed by atoms with Crippen LogP contribution >= 0.6 is 0 Å². The molecule has 0 saturated heterocycles. The highest BCUT2D eigenvalue weighted by atomic mass is 16.3. The van der Waals surface area contributed by atoms with Crippen molar-refractivity contribution in [3.8, 4) is 0 Å². The third kappa shape index (κ3) is 8.27. The first-order valence-electron chi connectivity index (χ1n) is 5.79. The Bertz CT molecular complexity index is 119. The maximum atomic E-state index is 8.85. The standard InChI is InChI=1S/C12H25NO/c1-3-5-6-7-8-10-13(9-4-2)11-12-14/h3,14H,1,4-12H2,2H3. The first-order valence-corrected chi connectivity index (χ1v) is 5.79. The van der Waals surface area contributed by atoms with Crippen molar-refractivity contribution in [3.63, 3.8) is 0 Å². The second-order valence-corrected chi connectivity index (χ2v) is 3.70. The quantitative estimate of drug-likeness (QED) is 0.431. The van der Waals surface area contributed by atoms with E-state index in [0.29, 0.717) is 0 Å². The van der Waals surface area contributed by atoms with Gasteiger partial charge in [0.15, 0.2) is 0 Å². The molecule has 0 saturated carbocycles. The Hall–Kier alpha value is -0.340. The summed E-state index contributed by atoms with van der Waals surface area (Å²) in [4.78, 5) is 2.34. The zero-order valence-electron chi connectivity index (χ0n) is 9.54. The van der Waals surface area contributed by atoms with Gasteiger partial charge in [0.1, 0.15) is 0 Å². The fourth-order valence-electron chi connectivity index (χ4n) is 1.59. The number of aliphatic hydroxyl groups excluding tert-OH is 1. The van der Waals surface area contributed by atoms with Crippen molar-refractivity contribution in [1.82, 2.24) is 4.90 Å². The first-order chi connectivity index (χ1) is 6.85. The average Bonchev–Trinajstić information content (AvgIpc) is 2.18. The van der Waals surface area contributed by atoms with Gasteiger partial charge in [-0.15, -0.1) is 6.58 Å². The van der Waals surface area contributed by atoms with E-state index < -0.39 is 0 Å². The van der Waals surface area contributed by atoms with Gasteiger partial charge in [-0.25, -0.2) is 0 Å². The van der Waals surface area contributed by atoms with Crippen LogP contribution in [0.15, 0.2) is 12.7 Å². The highest BCUT2D eigenvalue weighted by Crippen LogP contribution is 2.02. The second kappa shape index (κ2) is 10.7. The van der Waals surface area contributed by atoms with E-state index in [0.717, 1.165) is 26.1 Å². The van der Waals surface area contributed by atoms with E-state index in [9.17, 15) is 0 Å². The fourth-order valence-corrected chi connectivity index (χ4v) is 1.59. The van der Waals surface area contributed by atoms with Gasteiger partial charge in [-0.2, -0.15) is 0 Å². The molecule has 0 bridgehead atoms. The van der Waals surface area contributed by atoms with Gasteiger partial charge in [-0.3, -0.25) is 0 Å². The molecule has 0 radical (unpaired) electrons. The van der Waals surface area contributed by atoms with E-state index in [1.807, 2.05) is 6.08 Å². The fraction of sp³-hybridized carbons (Fsp3) is 0.833. The van der Waals surface area contributed by atoms with E-state index in [2.05, 4.69) is 18.4 Å². The molecule has 0 aliphatic carbocycles. The van der Waals surface area contributed by atoms with Crippen LogP contribution in [0.2, 0.25) is 0 Å². The summed E-state index contributed by atoms with van der Waals surface area (Å²) in [6.07, 6.45) is 8.06. The van der Waals surface area contributed by atoms with Crippen molar-refractivity contribution in [2.75, 3.05) is 26.2 Å². The number of allylic oxidation sites excluding steroid dienone is 1. The number of nitrogens with zero attached hydrogens (tertiary/aromatic N) is 1. The third-order valence-corrected chi connectivity index (χ3v) is 2.34. The number of rotatable bonds is 10. The van der Waals surface area contributed by atoms with Crippen LogP contribution < -0.4 is 0 Å². The van der Waals surface area contributed by atoms with Crippen molar-refractivity contribution in [2.45, 2.75) is 39.0 Å². The van der Waals surface area contributed by atoms with E-state index in [1.165, 1.54) is 25.7 Å². The van der Waals surface area contributed by atoms with Crippen molar-refractivity contribution < 1.29 is 5.11 Å². The summed E-state index contributed by atoms with van der Waals surface area (Å²) in [6, 6.07) is 0. The lowest BCUT2D eigenvalue weighted by Gasteiger charge is -2.20. The molecule has 0 aromatic rings. The maximum Gasteiger partial charge on any atom is 0.0558 e. The topological polar surface area (TPSA) is 23.5 Å². The van der Waals surface area contributed by atoms with Crippen LogP contribution in [-0.2, 0) is 0 Å². The molecule has 0 aliphatic heterocycles. The van der Waals surface area contributed by atoms with Crippen molar-refractivity contribution >= 4 is 0 Å². The molecule has 0 rings (SSSR count). The largest absolute Gasteiger partial charge is 0.395 e. The Balaban J connectivity index is 3.34. The van der Waals surface area contributed by atoms with Crippen molar-refractivity contribution in [2.24, 2.45) is 0 Å². The molecule has 0 aromatic carbocycles. The average molecular weight is 199 g/mol. The Morgan fingerprint density at radius 1 is 1.14 bits per heavy atom. The summed E-state index contributed by atoms with van der Waals surface area (Å²) < 4.78 is 0. The van der Waals surface area contributed by atoms with Crippen LogP contribution in [0.4, 0.5) is 0 Å². The lowest BCUT2D eigenvalue weighted by Crippen LogP contribution is -2.28. The number of aliphatic hydroxyl groups is 1. The van der Waals surface area contributed by atoms with Gasteiger partial charge in [0.2, 0.25) is 0 Å². The minimum Gasteiger partial charge on any atom is -0.395 e. The van der Waals surface area contributed by atoms with Crippen LogP contribution in [0.3, 0.4) is 0 Å². The van der Waals surface area contributed by atoms with E-state index in [-0.39, 0.29) is 6.61 Å². The molecular formula is C12H25NO. The summed E-state index contributed by atoms with van der Waals surface area (Å²) in [6.45, 7) is 9.25. The molecule has 1 N–H and O–H groups in total. The molecule has 0 aliphatic rings. The molecule has 2 nitrogen and oxygen atoms in total. The number of unbranched alkanes of at least 4 members (excludes halogenated alkanes) is 3. The Morgan fingerprint density at radius 3 is 2.50 bits per heavy atom. The molecule has 0 aromatic heterocycles. The van der Waals surface area contributed by atoms with Gasteiger partial charge in [-0.05, 0) is 38.8 Å². The Kier molecular flexibility index (Phi) is 10.5. The number of hydrogen-bond acceptors (Lipinski definition) is 2. The van der Waals surface area contributed by atoms with Gasteiger partial charge in [0, 0.05) is 6.54 Å². The van der Waals surface area contributed by atoms with Crippen LogP contribution in [0.25, 0.3) is 0 Å². The Morgan fingerprint density at radius 2 is 1.93 bits per heavy atom. The van der Waals surface area contributed by atoms with E-state index in [1.54, 1.807) is 0 Å². The summed E-state index contributed by atoms with van der Waals surface area (Å²) in [5, 5.41) is 8.85. The predicted octanol–water partition coefficient (Wildman–Crippen LogP) is 2.44. The molecule has 0 atom stereocenters. The van der Waals surface area contributed by atoms with Gasteiger partial charge >= 0.3 is 0 Å². The van der Waals surface area contributed by atoms with Gasteiger partial charge in [0.05, 0.1) is 6.61 Å². The molecular weight excluding hydrogens is 174 g/mol. The van der Waals surface area contributed by atoms with E-state index in [4.69, 9.17) is 5.11 Å². The summed E-state index contributed by atoms with van der Waals surface area (Å²) in [5.41, 5.74) is 0. The minimum absolute atomic E-state index is 0.284. The summed E-state index contributed by atoms with van der Waals surface area (Å²) >= 11 is 0. The van der Waals surface area contributed by atoms with Crippen LogP contribution in [-0.4, -0.2) is 36.2 Å². The van der Waals surface area contributed by atoms with Crippen molar-refractivity contribution in [1.29, 1.82) is 0 Å². The summed E-state index contributed by atoms with van der Waals surface area (Å²) in [5.74, 6) is 0. The van der Waals surface area contributed by atoms with E-state index >= 15 is 0 Å². The first kappa shape index (κ1) is 13.7.